The first kappa shape index (κ1) is 46.2. The summed E-state index contributed by atoms with van der Waals surface area (Å²) >= 11 is 3.20. The van der Waals surface area contributed by atoms with Gasteiger partial charge in [-0.25, -0.2) is 9.37 Å². The number of thiophene rings is 1. The van der Waals surface area contributed by atoms with Crippen molar-refractivity contribution < 1.29 is 23.6 Å². The van der Waals surface area contributed by atoms with Crippen molar-refractivity contribution in [2.24, 2.45) is 10.4 Å². The van der Waals surface area contributed by atoms with Gasteiger partial charge in [-0.05, 0) is 87.3 Å². The Labute approximate surface area is 392 Å². The maximum Gasteiger partial charge on any atom is 0.252 e. The average molecular weight is 928 g/mol. The summed E-state index contributed by atoms with van der Waals surface area (Å²) in [6.07, 6.45) is 1.22. The molecule has 0 spiro atoms. The van der Waals surface area contributed by atoms with Crippen LogP contribution in [0.3, 0.4) is 0 Å². The third kappa shape index (κ3) is 8.95. The summed E-state index contributed by atoms with van der Waals surface area (Å²) in [5.74, 6) is -0.721. The fraction of sp³-hybridized carbons (Fsp3) is 0.360. The highest BCUT2D eigenvalue weighted by Crippen LogP contribution is 2.40. The van der Waals surface area contributed by atoms with Gasteiger partial charge in [-0.3, -0.25) is 28.7 Å². The quantitative estimate of drug-likeness (QED) is 0.117. The number of hydrogen-bond acceptors (Lipinski definition) is 10. The summed E-state index contributed by atoms with van der Waals surface area (Å²) in [4.78, 5) is 67.9. The Morgan fingerprint density at radius 3 is 2.26 bits per heavy atom. The molecule has 0 aliphatic carbocycles. The molecule has 4 amide bonds. The first-order valence-corrected chi connectivity index (χ1v) is 23.8. The van der Waals surface area contributed by atoms with Gasteiger partial charge in [-0.2, -0.15) is 0 Å². The van der Waals surface area contributed by atoms with Crippen molar-refractivity contribution in [3.63, 3.8) is 0 Å². The van der Waals surface area contributed by atoms with Crippen molar-refractivity contribution in [3.05, 3.63) is 128 Å². The Hall–Kier alpha value is -6.39. The average Bonchev–Trinajstić information content (AvgIpc) is 4.09. The number of amides is 4. The fourth-order valence-electron chi connectivity index (χ4n) is 8.73. The van der Waals surface area contributed by atoms with Crippen LogP contribution >= 0.6 is 22.7 Å². The van der Waals surface area contributed by atoms with Gasteiger partial charge in [0.1, 0.15) is 34.8 Å². The van der Waals surface area contributed by atoms with Crippen molar-refractivity contribution in [1.82, 2.24) is 40.6 Å². The van der Waals surface area contributed by atoms with Gasteiger partial charge in [-0.15, -0.1) is 32.9 Å². The molecular formula is C50H54FN9O4S2. The highest BCUT2D eigenvalue weighted by Gasteiger charge is 2.42. The topological polar surface area (TPSA) is 164 Å². The van der Waals surface area contributed by atoms with Gasteiger partial charge in [0.2, 0.25) is 17.7 Å². The molecule has 1 saturated heterocycles. The number of thiazole rings is 1. The summed E-state index contributed by atoms with van der Waals surface area (Å²) < 4.78 is 18.1. The predicted octanol–water partition coefficient (Wildman–Crippen LogP) is 8.53. The minimum absolute atomic E-state index is 0.0593. The summed E-state index contributed by atoms with van der Waals surface area (Å²) in [5.41, 5.74) is 8.47. The molecule has 2 aliphatic heterocycles. The number of fused-ring (bicyclic) bond motifs is 3. The van der Waals surface area contributed by atoms with E-state index in [9.17, 15) is 19.2 Å². The molecule has 4 atom stereocenters. The number of aromatic nitrogens is 4. The Morgan fingerprint density at radius 2 is 1.61 bits per heavy atom. The number of aryl methyl sites for hydroxylation is 3. The standard InChI is InChI=1S/C50H54FN9O4S2/c1-26-29(4)66-49-41(26)42(55-38(24-40(61)52-9)45-58-57-30(5)60(45)49)33-16-14-32(15-17-33)36-21-20-35(23-37(36)51)46(62)56-44(50(6,7)8)48(64)59-22-10-11-39(59)47(63)54-27(2)31-12-18-34(19-13-31)43-28(3)53-25-65-43/h12-21,23,25,27,38-39,44H,10-11,22,24H2,1-9H3,(H,52,61)(H,54,63)(H,56,62). The number of likely N-dealkylation sites (tertiary alicyclic amines) is 1. The number of aliphatic imine (C=N–C) groups is 1. The van der Waals surface area contributed by atoms with E-state index in [1.807, 2.05) is 100 Å². The predicted molar refractivity (Wildman–Crippen MR) is 257 cm³/mol. The van der Waals surface area contributed by atoms with E-state index in [1.54, 1.807) is 46.8 Å². The van der Waals surface area contributed by atoms with Crippen molar-refractivity contribution in [2.45, 2.75) is 98.8 Å². The molecule has 0 bridgehead atoms. The molecule has 0 saturated carbocycles. The number of halogens is 1. The first-order valence-electron chi connectivity index (χ1n) is 22.1. The van der Waals surface area contributed by atoms with Crippen molar-refractivity contribution in [1.29, 1.82) is 0 Å². The third-order valence-electron chi connectivity index (χ3n) is 12.6. The molecule has 6 aromatic rings. The van der Waals surface area contributed by atoms with Gasteiger partial charge in [0.15, 0.2) is 5.82 Å². The van der Waals surface area contributed by atoms with E-state index in [0.717, 1.165) is 48.3 Å². The Kier molecular flexibility index (Phi) is 12.9. The third-order valence-corrected chi connectivity index (χ3v) is 14.8. The van der Waals surface area contributed by atoms with E-state index in [0.29, 0.717) is 42.3 Å². The summed E-state index contributed by atoms with van der Waals surface area (Å²) in [5, 5.41) is 18.4. The van der Waals surface area contributed by atoms with Gasteiger partial charge >= 0.3 is 0 Å². The molecule has 13 nitrogen and oxygen atoms in total. The first-order chi connectivity index (χ1) is 31.4. The Bertz CT molecular complexity index is 2870. The van der Waals surface area contributed by atoms with Crippen LogP contribution in [-0.4, -0.2) is 79.7 Å². The minimum atomic E-state index is -0.993. The molecule has 0 radical (unpaired) electrons. The molecule has 3 N–H and O–H groups in total. The minimum Gasteiger partial charge on any atom is -0.359 e. The van der Waals surface area contributed by atoms with Crippen LogP contribution in [0, 0.1) is 38.9 Å². The number of rotatable bonds is 11. The smallest absolute Gasteiger partial charge is 0.252 e. The van der Waals surface area contributed by atoms with Crippen molar-refractivity contribution in [3.8, 4) is 26.6 Å². The molecule has 66 heavy (non-hydrogen) atoms. The molecule has 3 aromatic carbocycles. The van der Waals surface area contributed by atoms with Gasteiger partial charge in [0.05, 0.1) is 34.3 Å². The molecule has 4 unspecified atom stereocenters. The maximum absolute atomic E-state index is 16.1. The number of carbonyl (C=O) groups excluding carboxylic acids is 4. The van der Waals surface area contributed by atoms with Gasteiger partial charge in [-0.1, -0.05) is 75.4 Å². The lowest BCUT2D eigenvalue weighted by atomic mass is 9.85. The molecule has 5 heterocycles. The Morgan fingerprint density at radius 1 is 0.909 bits per heavy atom. The highest BCUT2D eigenvalue weighted by atomic mass is 32.1. The number of hydrogen-bond donors (Lipinski definition) is 3. The molecule has 342 valence electrons. The molecular weight excluding hydrogens is 874 g/mol. The van der Waals surface area contributed by atoms with Gasteiger partial charge in [0.25, 0.3) is 5.91 Å². The number of carbonyl (C=O) groups is 4. The fourth-order valence-corrected chi connectivity index (χ4v) is 10.8. The van der Waals surface area contributed by atoms with Crippen molar-refractivity contribution in [2.75, 3.05) is 13.6 Å². The monoisotopic (exact) mass is 927 g/mol. The zero-order chi connectivity index (χ0) is 47.2. The molecule has 16 heteroatoms. The molecule has 3 aromatic heterocycles. The highest BCUT2D eigenvalue weighted by molar-refractivity contribution is 7.15. The normalized spacial score (nSPS) is 16.7. The van der Waals surface area contributed by atoms with E-state index in [1.165, 1.54) is 6.07 Å². The van der Waals surface area contributed by atoms with Crippen LogP contribution in [0.15, 0.2) is 77.2 Å². The van der Waals surface area contributed by atoms with Crippen LogP contribution in [0.5, 0.6) is 0 Å². The van der Waals surface area contributed by atoms with E-state index in [4.69, 9.17) is 4.99 Å². The van der Waals surface area contributed by atoms with E-state index in [2.05, 4.69) is 45.0 Å². The van der Waals surface area contributed by atoms with Crippen LogP contribution < -0.4 is 16.0 Å². The second kappa shape index (κ2) is 18.5. The molecule has 1 fully saturated rings. The van der Waals surface area contributed by atoms with E-state index in [-0.39, 0.29) is 41.3 Å². The summed E-state index contributed by atoms with van der Waals surface area (Å²) in [7, 11) is 1.59. The van der Waals surface area contributed by atoms with Crippen LogP contribution in [0.4, 0.5) is 4.39 Å². The Balaban J connectivity index is 0.973. The second-order valence-electron chi connectivity index (χ2n) is 18.1. The second-order valence-corrected chi connectivity index (χ2v) is 20.2. The summed E-state index contributed by atoms with van der Waals surface area (Å²) in [6, 6.07) is 17.1. The van der Waals surface area contributed by atoms with Gasteiger partial charge in [0, 0.05) is 40.7 Å². The van der Waals surface area contributed by atoms with Gasteiger partial charge < -0.3 is 20.9 Å². The number of nitrogens with one attached hydrogen (secondary N) is 3. The van der Waals surface area contributed by atoms with Crippen LogP contribution in [-0.2, 0) is 14.4 Å². The lowest BCUT2D eigenvalue weighted by Crippen LogP contribution is -2.57. The SMILES string of the molecule is CNC(=O)CC1N=C(c2ccc(-c3ccc(C(=O)NC(C(=O)N4CCCC4C(=O)NC(C)c4ccc(-c5scnc5C)cc4)C(C)(C)C)cc3F)cc2)c2c(sc(C)c2C)-n2c(C)nnc21. The van der Waals surface area contributed by atoms with Crippen LogP contribution in [0.25, 0.3) is 26.6 Å². The molecule has 8 rings (SSSR count). The largest absolute Gasteiger partial charge is 0.359 e. The maximum atomic E-state index is 16.1. The summed E-state index contributed by atoms with van der Waals surface area (Å²) in [6.45, 7) is 15.8. The van der Waals surface area contributed by atoms with Crippen LogP contribution in [0.2, 0.25) is 0 Å². The molecule has 2 aliphatic rings. The van der Waals surface area contributed by atoms with E-state index >= 15 is 4.39 Å². The number of nitrogens with zero attached hydrogens (tertiary/aromatic N) is 6. The van der Waals surface area contributed by atoms with Crippen molar-refractivity contribution >= 4 is 52.0 Å². The zero-order valence-corrected chi connectivity index (χ0v) is 40.2. The van der Waals surface area contributed by atoms with Crippen LogP contribution in [0.1, 0.15) is 114 Å². The lowest BCUT2D eigenvalue weighted by molar-refractivity contribution is -0.142. The van der Waals surface area contributed by atoms with E-state index < -0.39 is 35.3 Å². The zero-order valence-electron chi connectivity index (χ0n) is 38.6. The lowest BCUT2D eigenvalue weighted by Gasteiger charge is -2.35. The number of benzene rings is 3.